The number of amides is 2. The van der Waals surface area contributed by atoms with Gasteiger partial charge in [0.2, 0.25) is 11.8 Å². The van der Waals surface area contributed by atoms with Gasteiger partial charge in [-0.1, -0.05) is 6.08 Å². The molecule has 3 aliphatic rings. The molecule has 0 radical (unpaired) electrons. The molecular formula is C21H21N5O2. The molecule has 1 saturated heterocycles. The first-order valence-corrected chi connectivity index (χ1v) is 9.61. The third-order valence-electron chi connectivity index (χ3n) is 5.86. The zero-order valence-electron chi connectivity index (χ0n) is 15.4. The Morgan fingerprint density at radius 2 is 2.18 bits per heavy atom. The fourth-order valence-corrected chi connectivity index (χ4v) is 4.37. The number of hydrogen-bond donors (Lipinski definition) is 2. The van der Waals surface area contributed by atoms with Gasteiger partial charge in [-0.3, -0.25) is 14.7 Å². The van der Waals surface area contributed by atoms with Crippen molar-refractivity contribution in [3.05, 3.63) is 53.5 Å². The van der Waals surface area contributed by atoms with E-state index in [4.69, 9.17) is 0 Å². The third-order valence-corrected chi connectivity index (χ3v) is 5.86. The van der Waals surface area contributed by atoms with Crippen LogP contribution in [0.1, 0.15) is 29.5 Å². The molecule has 142 valence electrons. The molecule has 7 nitrogen and oxygen atoms in total. The molecule has 0 spiro atoms. The third kappa shape index (κ3) is 3.13. The van der Waals surface area contributed by atoms with Crippen molar-refractivity contribution in [1.29, 1.82) is 0 Å². The summed E-state index contributed by atoms with van der Waals surface area (Å²) in [6.07, 6.45) is 13.4. The zero-order chi connectivity index (χ0) is 19.1. The van der Waals surface area contributed by atoms with Crippen LogP contribution >= 0.6 is 0 Å². The second-order valence-corrected chi connectivity index (χ2v) is 7.71. The molecule has 0 saturated carbocycles. The van der Waals surface area contributed by atoms with Gasteiger partial charge in [0.15, 0.2) is 0 Å². The van der Waals surface area contributed by atoms with Crippen LogP contribution in [0.25, 0.3) is 11.6 Å². The first-order chi connectivity index (χ1) is 13.7. The molecule has 28 heavy (non-hydrogen) atoms. The van der Waals surface area contributed by atoms with Gasteiger partial charge in [-0.15, -0.1) is 0 Å². The molecule has 7 heteroatoms. The molecule has 0 bridgehead atoms. The van der Waals surface area contributed by atoms with Crippen LogP contribution in [-0.4, -0.2) is 45.0 Å². The first-order valence-electron chi connectivity index (χ1n) is 9.61. The Balaban J connectivity index is 1.23. The minimum Gasteiger partial charge on any atom is -0.338 e. The van der Waals surface area contributed by atoms with Crippen molar-refractivity contribution in [1.82, 2.24) is 20.1 Å². The van der Waals surface area contributed by atoms with Gasteiger partial charge < -0.3 is 10.2 Å². The van der Waals surface area contributed by atoms with Crippen LogP contribution < -0.4 is 5.32 Å². The number of aromatic nitrogens is 3. The number of rotatable bonds is 3. The number of H-pyrrole nitrogens is 1. The van der Waals surface area contributed by atoms with Gasteiger partial charge >= 0.3 is 0 Å². The number of nitrogens with zero attached hydrogens (tertiary/aromatic N) is 3. The van der Waals surface area contributed by atoms with Crippen molar-refractivity contribution in [2.75, 3.05) is 18.4 Å². The van der Waals surface area contributed by atoms with Crippen molar-refractivity contribution < 1.29 is 9.59 Å². The second kappa shape index (κ2) is 6.74. The average Bonchev–Trinajstić information content (AvgIpc) is 3.41. The highest BCUT2D eigenvalue weighted by molar-refractivity contribution is 5.94. The molecule has 2 unspecified atom stereocenters. The van der Waals surface area contributed by atoms with E-state index in [9.17, 15) is 9.59 Å². The summed E-state index contributed by atoms with van der Waals surface area (Å²) in [6.45, 7) is 1.56. The van der Waals surface area contributed by atoms with E-state index in [0.717, 1.165) is 36.2 Å². The highest BCUT2D eigenvalue weighted by Gasteiger charge is 2.37. The maximum Gasteiger partial charge on any atom is 0.246 e. The van der Waals surface area contributed by atoms with E-state index in [1.807, 2.05) is 29.4 Å². The summed E-state index contributed by atoms with van der Waals surface area (Å²) < 4.78 is 0. The van der Waals surface area contributed by atoms with Gasteiger partial charge in [0.25, 0.3) is 0 Å². The molecule has 2 N–H and O–H groups in total. The van der Waals surface area contributed by atoms with E-state index in [-0.39, 0.29) is 11.8 Å². The summed E-state index contributed by atoms with van der Waals surface area (Å²) in [5.41, 5.74) is 4.38. The van der Waals surface area contributed by atoms with Crippen molar-refractivity contribution in [3.63, 3.8) is 0 Å². The van der Waals surface area contributed by atoms with E-state index in [0.29, 0.717) is 30.5 Å². The SMILES string of the molecule is O=C1CCc2cc(C=CC(=O)N3CC4C=C(c5cn[nH]c5)CC4C3)cnc2N1. The van der Waals surface area contributed by atoms with Crippen LogP contribution in [0.3, 0.4) is 0 Å². The quantitative estimate of drug-likeness (QED) is 0.805. The fraction of sp³-hybridized carbons (Fsp3) is 0.333. The number of allylic oxidation sites excluding steroid dienone is 1. The van der Waals surface area contributed by atoms with Gasteiger partial charge in [0, 0.05) is 43.5 Å². The van der Waals surface area contributed by atoms with Crippen molar-refractivity contribution in [2.45, 2.75) is 19.3 Å². The number of carbonyl (C=O) groups excluding carboxylic acids is 2. The molecule has 1 aliphatic carbocycles. The lowest BCUT2D eigenvalue weighted by Crippen LogP contribution is -2.27. The number of aryl methyl sites for hydroxylation is 1. The molecule has 2 aliphatic heterocycles. The molecule has 2 amide bonds. The number of likely N-dealkylation sites (tertiary alicyclic amines) is 1. The Morgan fingerprint density at radius 1 is 1.25 bits per heavy atom. The normalized spacial score (nSPS) is 23.5. The lowest BCUT2D eigenvalue weighted by molar-refractivity contribution is -0.125. The smallest absolute Gasteiger partial charge is 0.246 e. The molecule has 2 aromatic heterocycles. The maximum absolute atomic E-state index is 12.6. The summed E-state index contributed by atoms with van der Waals surface area (Å²) in [5, 5.41) is 9.66. The Morgan fingerprint density at radius 3 is 3.00 bits per heavy atom. The number of anilines is 1. The van der Waals surface area contributed by atoms with Gasteiger partial charge in [-0.05, 0) is 53.5 Å². The standard InChI is InChI=1S/C21H21N5O2/c27-19-3-2-14-5-13(8-22-21(14)25-19)1-4-20(28)26-11-16-6-15(7-17(16)12-26)18-9-23-24-10-18/h1,4-6,8-10,16-17H,2-3,7,11-12H2,(H,23,24)(H,22,25,27). The Bertz CT molecular complexity index is 992. The van der Waals surface area contributed by atoms with Crippen LogP contribution in [0.5, 0.6) is 0 Å². The zero-order valence-corrected chi connectivity index (χ0v) is 15.4. The van der Waals surface area contributed by atoms with E-state index in [1.54, 1.807) is 12.3 Å². The topological polar surface area (TPSA) is 91.0 Å². The minimum absolute atomic E-state index is 0.00280. The van der Waals surface area contributed by atoms with E-state index in [2.05, 4.69) is 26.6 Å². The summed E-state index contributed by atoms with van der Waals surface area (Å²) in [5.74, 6) is 1.60. The van der Waals surface area contributed by atoms with Crippen LogP contribution in [0.4, 0.5) is 5.82 Å². The number of fused-ring (bicyclic) bond motifs is 2. The highest BCUT2D eigenvalue weighted by atomic mass is 16.2. The Kier molecular flexibility index (Phi) is 4.07. The summed E-state index contributed by atoms with van der Waals surface area (Å²) in [7, 11) is 0. The van der Waals surface area contributed by atoms with Crippen LogP contribution in [0.2, 0.25) is 0 Å². The van der Waals surface area contributed by atoms with Crippen molar-refractivity contribution >= 4 is 29.3 Å². The number of hydrogen-bond acceptors (Lipinski definition) is 4. The fourth-order valence-electron chi connectivity index (χ4n) is 4.37. The van der Waals surface area contributed by atoms with Crippen molar-refractivity contribution in [2.24, 2.45) is 11.8 Å². The van der Waals surface area contributed by atoms with Gasteiger partial charge in [-0.2, -0.15) is 5.10 Å². The molecule has 0 aromatic carbocycles. The monoisotopic (exact) mass is 375 g/mol. The average molecular weight is 375 g/mol. The predicted molar refractivity (Wildman–Crippen MR) is 105 cm³/mol. The van der Waals surface area contributed by atoms with Crippen molar-refractivity contribution in [3.8, 4) is 0 Å². The first kappa shape index (κ1) is 16.9. The van der Waals surface area contributed by atoms with E-state index < -0.39 is 0 Å². The highest BCUT2D eigenvalue weighted by Crippen LogP contribution is 2.40. The number of nitrogens with one attached hydrogen (secondary N) is 2. The molecule has 1 fully saturated rings. The molecule has 2 atom stereocenters. The number of carbonyl (C=O) groups is 2. The van der Waals surface area contributed by atoms with Crippen LogP contribution in [0.15, 0.2) is 36.8 Å². The Hall–Kier alpha value is -3.22. The molecule has 5 rings (SSSR count). The van der Waals surface area contributed by atoms with Crippen LogP contribution in [0, 0.1) is 11.8 Å². The molecule has 4 heterocycles. The summed E-state index contributed by atoms with van der Waals surface area (Å²) in [6, 6.07) is 1.99. The van der Waals surface area contributed by atoms with Crippen LogP contribution in [-0.2, 0) is 16.0 Å². The molecule has 2 aromatic rings. The molecular weight excluding hydrogens is 354 g/mol. The summed E-state index contributed by atoms with van der Waals surface area (Å²) >= 11 is 0. The lowest BCUT2D eigenvalue weighted by Gasteiger charge is -2.16. The van der Waals surface area contributed by atoms with E-state index in [1.165, 1.54) is 5.57 Å². The van der Waals surface area contributed by atoms with E-state index >= 15 is 0 Å². The summed E-state index contributed by atoms with van der Waals surface area (Å²) in [4.78, 5) is 30.3. The maximum atomic E-state index is 12.6. The van der Waals surface area contributed by atoms with Gasteiger partial charge in [0.1, 0.15) is 5.82 Å². The Labute approximate surface area is 162 Å². The predicted octanol–water partition coefficient (Wildman–Crippen LogP) is 2.26. The minimum atomic E-state index is 0.00280. The van der Waals surface area contributed by atoms with Gasteiger partial charge in [0.05, 0.1) is 6.20 Å². The second-order valence-electron chi connectivity index (χ2n) is 7.71. The lowest BCUT2D eigenvalue weighted by atomic mass is 9.99. The number of pyridine rings is 1. The largest absolute Gasteiger partial charge is 0.338 e. The van der Waals surface area contributed by atoms with Gasteiger partial charge in [-0.25, -0.2) is 4.98 Å². The number of aromatic amines is 1.